The summed E-state index contributed by atoms with van der Waals surface area (Å²) >= 11 is 1.56. The second kappa shape index (κ2) is 9.87. The normalized spacial score (nSPS) is 10.8. The third-order valence-corrected chi connectivity index (χ3v) is 4.62. The third-order valence-electron chi connectivity index (χ3n) is 3.62. The van der Waals surface area contributed by atoms with Crippen LogP contribution >= 0.6 is 11.8 Å². The van der Waals surface area contributed by atoms with Crippen molar-refractivity contribution in [2.45, 2.75) is 19.6 Å². The average molecular weight is 372 g/mol. The first-order chi connectivity index (χ1) is 12.5. The van der Waals surface area contributed by atoms with Crippen molar-refractivity contribution in [3.63, 3.8) is 0 Å². The summed E-state index contributed by atoms with van der Waals surface area (Å²) in [7, 11) is 3.17. The molecule has 0 aliphatic heterocycles. The Morgan fingerprint density at radius 1 is 1.12 bits per heavy atom. The molecule has 2 aromatic rings. The van der Waals surface area contributed by atoms with Gasteiger partial charge in [-0.25, -0.2) is 5.43 Å². The van der Waals surface area contributed by atoms with E-state index in [1.165, 1.54) is 16.7 Å². The van der Waals surface area contributed by atoms with Crippen LogP contribution in [0.15, 0.2) is 41.5 Å². The highest BCUT2D eigenvalue weighted by Crippen LogP contribution is 2.23. The van der Waals surface area contributed by atoms with E-state index >= 15 is 0 Å². The van der Waals surface area contributed by atoms with Gasteiger partial charge in [0, 0.05) is 17.4 Å². The van der Waals surface area contributed by atoms with Gasteiger partial charge in [0.25, 0.3) is 0 Å². The summed E-state index contributed by atoms with van der Waals surface area (Å²) in [5.74, 6) is 2.34. The molecular formula is C20H24N2O3S. The molecule has 2 aromatic carbocycles. The van der Waals surface area contributed by atoms with E-state index in [4.69, 9.17) is 9.47 Å². The van der Waals surface area contributed by atoms with Crippen LogP contribution in [0.1, 0.15) is 22.3 Å². The first-order valence-electron chi connectivity index (χ1n) is 8.20. The standard InChI is InChI=1S/C20H24N2O3S/c1-14-7-15(2)9-16(8-14)12-26-13-20(23)22-21-11-17-5-6-18(24-3)10-19(17)25-4/h5-11H,12-13H2,1-4H3,(H,22,23). The number of methoxy groups -OCH3 is 2. The number of amides is 1. The maximum atomic E-state index is 11.9. The van der Waals surface area contributed by atoms with Gasteiger partial charge in [-0.15, -0.1) is 11.8 Å². The minimum absolute atomic E-state index is 0.136. The first kappa shape index (κ1) is 19.8. The minimum Gasteiger partial charge on any atom is -0.497 e. The summed E-state index contributed by atoms with van der Waals surface area (Å²) < 4.78 is 10.4. The van der Waals surface area contributed by atoms with Gasteiger partial charge in [-0.05, 0) is 31.5 Å². The lowest BCUT2D eigenvalue weighted by Gasteiger charge is -2.07. The van der Waals surface area contributed by atoms with Crippen LogP contribution in [0.3, 0.4) is 0 Å². The Labute approximate surface area is 158 Å². The molecule has 1 amide bonds. The highest BCUT2D eigenvalue weighted by molar-refractivity contribution is 7.99. The smallest absolute Gasteiger partial charge is 0.250 e. The lowest BCUT2D eigenvalue weighted by Crippen LogP contribution is -2.19. The number of nitrogens with one attached hydrogen (secondary N) is 1. The lowest BCUT2D eigenvalue weighted by atomic mass is 10.1. The summed E-state index contributed by atoms with van der Waals surface area (Å²) in [4.78, 5) is 11.9. The molecule has 5 nitrogen and oxygen atoms in total. The van der Waals surface area contributed by atoms with Crippen molar-refractivity contribution in [3.05, 3.63) is 58.7 Å². The van der Waals surface area contributed by atoms with E-state index < -0.39 is 0 Å². The van der Waals surface area contributed by atoms with Crippen molar-refractivity contribution in [3.8, 4) is 11.5 Å². The quantitative estimate of drug-likeness (QED) is 0.567. The van der Waals surface area contributed by atoms with E-state index in [0.717, 1.165) is 11.3 Å². The topological polar surface area (TPSA) is 59.9 Å². The molecular weight excluding hydrogens is 348 g/mol. The fraction of sp³-hybridized carbons (Fsp3) is 0.300. The van der Waals surface area contributed by atoms with Crippen LogP contribution in [-0.4, -0.2) is 32.1 Å². The molecule has 0 saturated carbocycles. The van der Waals surface area contributed by atoms with E-state index in [0.29, 0.717) is 17.3 Å². The van der Waals surface area contributed by atoms with Gasteiger partial charge >= 0.3 is 0 Å². The lowest BCUT2D eigenvalue weighted by molar-refractivity contribution is -0.118. The SMILES string of the molecule is COc1ccc(C=NNC(=O)CSCc2cc(C)cc(C)c2)c(OC)c1. The van der Waals surface area contributed by atoms with Crippen molar-refractivity contribution < 1.29 is 14.3 Å². The molecule has 2 rings (SSSR count). The summed E-state index contributed by atoms with van der Waals surface area (Å²) in [6.45, 7) is 4.16. The molecule has 1 N–H and O–H groups in total. The Hall–Kier alpha value is -2.47. The van der Waals surface area contributed by atoms with Gasteiger partial charge in [0.1, 0.15) is 11.5 Å². The van der Waals surface area contributed by atoms with Crippen LogP contribution in [0.25, 0.3) is 0 Å². The second-order valence-corrected chi connectivity index (χ2v) is 6.88. The van der Waals surface area contributed by atoms with Gasteiger partial charge in [0.05, 0.1) is 26.2 Å². The van der Waals surface area contributed by atoms with Crippen LogP contribution in [0, 0.1) is 13.8 Å². The number of thioether (sulfide) groups is 1. The number of aryl methyl sites for hydroxylation is 2. The van der Waals surface area contributed by atoms with Crippen LogP contribution in [-0.2, 0) is 10.5 Å². The summed E-state index contributed by atoms with van der Waals surface area (Å²) in [6.07, 6.45) is 1.56. The summed E-state index contributed by atoms with van der Waals surface area (Å²) in [5.41, 5.74) is 7.01. The van der Waals surface area contributed by atoms with Crippen molar-refractivity contribution in [2.24, 2.45) is 5.10 Å². The van der Waals surface area contributed by atoms with E-state index in [1.807, 2.05) is 12.1 Å². The van der Waals surface area contributed by atoms with Crippen LogP contribution in [0.5, 0.6) is 11.5 Å². The average Bonchev–Trinajstić information content (AvgIpc) is 2.61. The largest absolute Gasteiger partial charge is 0.497 e. The Kier molecular flexibility index (Phi) is 7.53. The number of nitrogens with zero attached hydrogens (tertiary/aromatic N) is 1. The molecule has 0 aromatic heterocycles. The van der Waals surface area contributed by atoms with Gasteiger partial charge < -0.3 is 9.47 Å². The molecule has 138 valence electrons. The van der Waals surface area contributed by atoms with Gasteiger partial charge in [-0.3, -0.25) is 4.79 Å². The van der Waals surface area contributed by atoms with Crippen LogP contribution < -0.4 is 14.9 Å². The monoisotopic (exact) mass is 372 g/mol. The van der Waals surface area contributed by atoms with Crippen molar-refractivity contribution in [2.75, 3.05) is 20.0 Å². The molecule has 0 aliphatic rings. The summed E-state index contributed by atoms with van der Waals surface area (Å²) in [5, 5.41) is 4.00. The number of ether oxygens (including phenoxy) is 2. The number of hydrogen-bond acceptors (Lipinski definition) is 5. The van der Waals surface area contributed by atoms with Crippen LogP contribution in [0.2, 0.25) is 0 Å². The van der Waals surface area contributed by atoms with Crippen molar-refractivity contribution in [1.29, 1.82) is 0 Å². The molecule has 0 atom stereocenters. The van der Waals surface area contributed by atoms with Gasteiger partial charge in [-0.2, -0.15) is 5.10 Å². The van der Waals surface area contributed by atoms with Crippen molar-refractivity contribution in [1.82, 2.24) is 5.43 Å². The number of carbonyl (C=O) groups is 1. The molecule has 0 aliphatic carbocycles. The van der Waals surface area contributed by atoms with E-state index in [1.54, 1.807) is 38.3 Å². The third kappa shape index (κ3) is 6.11. The number of hydrogen-bond donors (Lipinski definition) is 1. The zero-order valence-corrected chi connectivity index (χ0v) is 16.4. The second-order valence-electron chi connectivity index (χ2n) is 5.89. The zero-order valence-electron chi connectivity index (χ0n) is 15.5. The van der Waals surface area contributed by atoms with Gasteiger partial charge in [0.15, 0.2) is 0 Å². The molecule has 0 radical (unpaired) electrons. The van der Waals surface area contributed by atoms with Crippen molar-refractivity contribution >= 4 is 23.9 Å². The molecule has 26 heavy (non-hydrogen) atoms. The zero-order chi connectivity index (χ0) is 18.9. The van der Waals surface area contributed by atoms with E-state index in [-0.39, 0.29) is 5.91 Å². The Balaban J connectivity index is 1.82. The van der Waals surface area contributed by atoms with Gasteiger partial charge in [0.2, 0.25) is 5.91 Å². The van der Waals surface area contributed by atoms with E-state index in [9.17, 15) is 4.79 Å². The fourth-order valence-corrected chi connectivity index (χ4v) is 3.30. The van der Waals surface area contributed by atoms with E-state index in [2.05, 4.69) is 42.6 Å². The number of benzene rings is 2. The predicted molar refractivity (Wildman–Crippen MR) is 107 cm³/mol. The number of hydrazone groups is 1. The van der Waals surface area contributed by atoms with Gasteiger partial charge in [-0.1, -0.05) is 29.3 Å². The molecule has 0 heterocycles. The Bertz CT molecular complexity index is 770. The highest BCUT2D eigenvalue weighted by Gasteiger charge is 2.04. The molecule has 0 bridgehead atoms. The fourth-order valence-electron chi connectivity index (χ4n) is 2.55. The molecule has 0 unspecified atom stereocenters. The first-order valence-corrected chi connectivity index (χ1v) is 9.36. The maximum absolute atomic E-state index is 11.9. The minimum atomic E-state index is -0.136. The summed E-state index contributed by atoms with van der Waals surface area (Å²) in [6, 6.07) is 11.8. The molecule has 0 spiro atoms. The maximum Gasteiger partial charge on any atom is 0.250 e. The Morgan fingerprint density at radius 3 is 2.50 bits per heavy atom. The molecule has 6 heteroatoms. The Morgan fingerprint density at radius 2 is 1.85 bits per heavy atom. The number of rotatable bonds is 8. The predicted octanol–water partition coefficient (Wildman–Crippen LogP) is 3.70. The molecule has 0 saturated heterocycles. The van der Waals surface area contributed by atoms with Crippen LogP contribution in [0.4, 0.5) is 0 Å². The number of carbonyl (C=O) groups excluding carboxylic acids is 1. The highest BCUT2D eigenvalue weighted by atomic mass is 32.2. The molecule has 0 fully saturated rings.